The summed E-state index contributed by atoms with van der Waals surface area (Å²) in [5.41, 5.74) is 1.21. The molecule has 0 spiro atoms. The number of ether oxygens (including phenoxy) is 2. The van der Waals surface area contributed by atoms with Crippen LogP contribution in [0.4, 0.5) is 18.9 Å². The zero-order chi connectivity index (χ0) is 29.3. The Morgan fingerprint density at radius 2 is 1.90 bits per heavy atom. The Morgan fingerprint density at radius 1 is 1.21 bits per heavy atom. The number of hydrogen-bond acceptors (Lipinski definition) is 6. The molecule has 0 aromatic heterocycles. The molecule has 222 valence electrons. The van der Waals surface area contributed by atoms with Gasteiger partial charge in [0.2, 0.25) is 5.91 Å². The Bertz CT molecular complexity index is 944. The van der Waals surface area contributed by atoms with Gasteiger partial charge in [-0.05, 0) is 51.3 Å². The summed E-state index contributed by atoms with van der Waals surface area (Å²) in [6, 6.07) is 4.94. The van der Waals surface area contributed by atoms with Crippen LogP contribution in [0.5, 0.6) is 5.75 Å². The number of aliphatic hydroxyl groups is 1. The molecular formula is C28H44F3N3O5. The lowest BCUT2D eigenvalue weighted by Gasteiger charge is -2.36. The Morgan fingerprint density at radius 3 is 2.51 bits per heavy atom. The summed E-state index contributed by atoms with van der Waals surface area (Å²) < 4.78 is 50.3. The van der Waals surface area contributed by atoms with Crippen molar-refractivity contribution in [3.63, 3.8) is 0 Å². The molecule has 1 aliphatic heterocycles. The number of benzene rings is 1. The van der Waals surface area contributed by atoms with Gasteiger partial charge in [-0.1, -0.05) is 6.92 Å². The fourth-order valence-corrected chi connectivity index (χ4v) is 4.46. The van der Waals surface area contributed by atoms with E-state index in [1.54, 1.807) is 24.0 Å². The predicted molar refractivity (Wildman–Crippen MR) is 144 cm³/mol. The van der Waals surface area contributed by atoms with E-state index in [2.05, 4.69) is 0 Å². The largest absolute Gasteiger partial charge is 0.490 e. The zero-order valence-corrected chi connectivity index (χ0v) is 24.0. The van der Waals surface area contributed by atoms with Gasteiger partial charge < -0.3 is 29.3 Å². The summed E-state index contributed by atoms with van der Waals surface area (Å²) in [6.07, 6.45) is -4.59. The van der Waals surface area contributed by atoms with Crippen molar-refractivity contribution in [2.24, 2.45) is 5.92 Å². The molecule has 2 amide bonds. The van der Waals surface area contributed by atoms with Gasteiger partial charge in [0.25, 0.3) is 5.91 Å². The molecule has 0 saturated carbocycles. The van der Waals surface area contributed by atoms with E-state index in [1.165, 1.54) is 11.9 Å². The molecule has 1 aromatic carbocycles. The fourth-order valence-electron chi connectivity index (χ4n) is 4.46. The molecule has 2 rings (SSSR count). The zero-order valence-electron chi connectivity index (χ0n) is 24.0. The number of anilines is 1. The third-order valence-electron chi connectivity index (χ3n) is 7.05. The van der Waals surface area contributed by atoms with Gasteiger partial charge in [-0.2, -0.15) is 13.2 Å². The minimum absolute atomic E-state index is 0.0915. The third kappa shape index (κ3) is 10.2. The molecular weight excluding hydrogens is 515 g/mol. The summed E-state index contributed by atoms with van der Waals surface area (Å²) in [5, 5.41) is 9.99. The number of halogens is 3. The number of fused-ring (bicyclic) bond motifs is 1. The van der Waals surface area contributed by atoms with Crippen LogP contribution in [-0.2, 0) is 9.53 Å². The number of rotatable bonds is 7. The third-order valence-corrected chi connectivity index (χ3v) is 7.05. The molecule has 1 heterocycles. The van der Waals surface area contributed by atoms with Crippen molar-refractivity contribution < 1.29 is 37.3 Å². The monoisotopic (exact) mass is 559 g/mol. The standard InChI is InChI=1S/C28H44F3N3O5/c1-19-16-34(20(2)18-35)27(37)23-15-22(32(4)5)10-11-24(23)39-21(3)9-7-8-14-38-25(19)17-33(6)26(36)12-13-28(29,30)31/h10-11,15,19-21,25,35H,7-9,12-14,16-18H2,1-6H3/t19-,20+,21-,25+/m0/s1. The first kappa shape index (κ1) is 32.7. The minimum atomic E-state index is -4.41. The maximum atomic E-state index is 14.0. The van der Waals surface area contributed by atoms with Crippen molar-refractivity contribution in [2.45, 2.75) is 77.3 Å². The van der Waals surface area contributed by atoms with E-state index in [1.807, 2.05) is 38.9 Å². The van der Waals surface area contributed by atoms with E-state index >= 15 is 0 Å². The Labute approximate surface area is 230 Å². The van der Waals surface area contributed by atoms with Crippen LogP contribution < -0.4 is 9.64 Å². The minimum Gasteiger partial charge on any atom is -0.490 e. The number of aliphatic hydroxyl groups excluding tert-OH is 1. The average Bonchev–Trinajstić information content (AvgIpc) is 2.87. The van der Waals surface area contributed by atoms with Gasteiger partial charge in [-0.3, -0.25) is 9.59 Å². The highest BCUT2D eigenvalue weighted by Crippen LogP contribution is 2.29. The molecule has 0 aliphatic carbocycles. The highest BCUT2D eigenvalue weighted by molar-refractivity contribution is 5.98. The molecule has 4 atom stereocenters. The van der Waals surface area contributed by atoms with Crippen molar-refractivity contribution in [3.05, 3.63) is 23.8 Å². The van der Waals surface area contributed by atoms with Crippen molar-refractivity contribution >= 4 is 17.5 Å². The molecule has 1 aromatic rings. The van der Waals surface area contributed by atoms with Crippen LogP contribution in [0.15, 0.2) is 18.2 Å². The lowest BCUT2D eigenvalue weighted by molar-refractivity contribution is -0.149. The number of carbonyl (C=O) groups excluding carboxylic acids is 2. The van der Waals surface area contributed by atoms with E-state index in [-0.39, 0.29) is 37.6 Å². The number of alkyl halides is 3. The number of nitrogens with zero attached hydrogens (tertiary/aromatic N) is 3. The van der Waals surface area contributed by atoms with Crippen LogP contribution in [0.1, 0.15) is 63.2 Å². The normalized spacial score (nSPS) is 22.4. The van der Waals surface area contributed by atoms with Gasteiger partial charge in [0.1, 0.15) is 5.75 Å². The van der Waals surface area contributed by atoms with Crippen LogP contribution in [-0.4, -0.2) is 98.6 Å². The summed E-state index contributed by atoms with van der Waals surface area (Å²) in [6.45, 7) is 6.00. The molecule has 39 heavy (non-hydrogen) atoms. The maximum absolute atomic E-state index is 14.0. The molecule has 11 heteroatoms. The first-order valence-corrected chi connectivity index (χ1v) is 13.6. The van der Waals surface area contributed by atoms with Crippen molar-refractivity contribution in [1.82, 2.24) is 9.80 Å². The fraction of sp³-hybridized carbons (Fsp3) is 0.714. The number of likely N-dealkylation sites (N-methyl/N-ethyl adjacent to an activating group) is 1. The van der Waals surface area contributed by atoms with Gasteiger partial charge >= 0.3 is 6.18 Å². The molecule has 0 radical (unpaired) electrons. The second kappa shape index (κ2) is 14.7. The molecule has 1 N–H and O–H groups in total. The van der Waals surface area contributed by atoms with Crippen molar-refractivity contribution in [3.8, 4) is 5.75 Å². The average molecular weight is 560 g/mol. The first-order chi connectivity index (χ1) is 18.2. The second-order valence-electron chi connectivity index (χ2n) is 10.8. The highest BCUT2D eigenvalue weighted by atomic mass is 19.4. The van der Waals surface area contributed by atoms with Gasteiger partial charge in [-0.15, -0.1) is 0 Å². The van der Waals surface area contributed by atoms with Gasteiger partial charge in [0, 0.05) is 58.9 Å². The van der Waals surface area contributed by atoms with Crippen molar-refractivity contribution in [2.75, 3.05) is 52.3 Å². The smallest absolute Gasteiger partial charge is 0.389 e. The Kier molecular flexibility index (Phi) is 12.4. The van der Waals surface area contributed by atoms with Gasteiger partial charge in [0.05, 0.1) is 36.8 Å². The molecule has 8 nitrogen and oxygen atoms in total. The van der Waals surface area contributed by atoms with Crippen LogP contribution in [0.3, 0.4) is 0 Å². The Hall–Kier alpha value is -2.53. The van der Waals surface area contributed by atoms with Gasteiger partial charge in [0.15, 0.2) is 0 Å². The summed E-state index contributed by atoms with van der Waals surface area (Å²) in [7, 11) is 5.23. The van der Waals surface area contributed by atoms with Crippen LogP contribution in [0.2, 0.25) is 0 Å². The summed E-state index contributed by atoms with van der Waals surface area (Å²) >= 11 is 0. The quantitative estimate of drug-likeness (QED) is 0.535. The van der Waals surface area contributed by atoms with Gasteiger partial charge in [-0.25, -0.2) is 0 Å². The molecule has 0 unspecified atom stereocenters. The van der Waals surface area contributed by atoms with Crippen LogP contribution >= 0.6 is 0 Å². The molecule has 0 bridgehead atoms. The lowest BCUT2D eigenvalue weighted by atomic mass is 10.0. The second-order valence-corrected chi connectivity index (χ2v) is 10.8. The van der Waals surface area contributed by atoms with Crippen LogP contribution in [0, 0.1) is 5.92 Å². The molecule has 0 saturated heterocycles. The highest BCUT2D eigenvalue weighted by Gasteiger charge is 2.32. The number of hydrogen-bond donors (Lipinski definition) is 1. The number of amides is 2. The van der Waals surface area contributed by atoms with Crippen LogP contribution in [0.25, 0.3) is 0 Å². The summed E-state index contributed by atoms with van der Waals surface area (Å²) in [5.74, 6) is -0.736. The predicted octanol–water partition coefficient (Wildman–Crippen LogP) is 4.35. The summed E-state index contributed by atoms with van der Waals surface area (Å²) in [4.78, 5) is 31.1. The lowest BCUT2D eigenvalue weighted by Crippen LogP contribution is -2.48. The topological polar surface area (TPSA) is 82.6 Å². The van der Waals surface area contributed by atoms with E-state index in [4.69, 9.17) is 9.47 Å². The SMILES string of the molecule is C[C@H](CO)N1C[C@H](C)[C@@H](CN(C)C(=O)CCC(F)(F)F)OCCCC[C@H](C)Oc2ccc(N(C)C)cc2C1=O. The molecule has 1 aliphatic rings. The van der Waals surface area contributed by atoms with E-state index < -0.39 is 37.1 Å². The van der Waals surface area contributed by atoms with E-state index in [0.29, 0.717) is 17.9 Å². The van der Waals surface area contributed by atoms with E-state index in [9.17, 15) is 27.9 Å². The first-order valence-electron chi connectivity index (χ1n) is 13.6. The maximum Gasteiger partial charge on any atom is 0.389 e. The Balaban J connectivity index is 2.38. The van der Waals surface area contributed by atoms with E-state index in [0.717, 1.165) is 24.9 Å². The molecule has 0 fully saturated rings. The van der Waals surface area contributed by atoms with Crippen molar-refractivity contribution in [1.29, 1.82) is 0 Å². The number of carbonyl (C=O) groups is 2.